The van der Waals surface area contributed by atoms with Crippen LogP contribution in [0.3, 0.4) is 0 Å². The van der Waals surface area contributed by atoms with Crippen molar-refractivity contribution in [2.75, 3.05) is 25.5 Å². The maximum Gasteiger partial charge on any atom is 0.260 e. The molecule has 0 aromatic carbocycles. The Labute approximate surface area is 188 Å². The molecule has 0 radical (unpaired) electrons. The minimum Gasteiger partial charge on any atom is -0.306 e. The van der Waals surface area contributed by atoms with Gasteiger partial charge >= 0.3 is 0 Å². The minimum atomic E-state index is -0.188. The minimum absolute atomic E-state index is 0. The van der Waals surface area contributed by atoms with Gasteiger partial charge in [0.05, 0.1) is 24.0 Å². The number of nitrogens with zero attached hydrogens (tertiary/aromatic N) is 6. The Morgan fingerprint density at radius 1 is 1.12 bits per heavy atom. The first kappa shape index (κ1) is 20.6. The van der Waals surface area contributed by atoms with Crippen molar-refractivity contribution in [3.63, 3.8) is 0 Å². The third-order valence-electron chi connectivity index (χ3n) is 6.72. The zero-order valence-corrected chi connectivity index (χ0v) is 18.8. The molecule has 168 valence electrons. The number of hydrogen-bond acceptors (Lipinski definition) is 5. The van der Waals surface area contributed by atoms with Crippen molar-refractivity contribution in [3.05, 3.63) is 58.6 Å². The van der Waals surface area contributed by atoms with Crippen LogP contribution in [0.1, 0.15) is 49.6 Å². The lowest BCUT2D eigenvalue weighted by Gasteiger charge is -2.28. The number of anilines is 1. The van der Waals surface area contributed by atoms with Crippen molar-refractivity contribution in [3.8, 4) is 0 Å². The second-order valence-electron chi connectivity index (χ2n) is 9.27. The average molecular weight is 434 g/mol. The summed E-state index contributed by atoms with van der Waals surface area (Å²) in [5, 5.41) is 13.9. The molecule has 1 aliphatic heterocycles. The Kier molecular flexibility index (Phi) is 5.17. The molecule has 4 heterocycles. The van der Waals surface area contributed by atoms with E-state index in [1.807, 2.05) is 41.1 Å². The lowest BCUT2D eigenvalue weighted by atomic mass is 9.78. The average Bonchev–Trinajstić information content (AvgIpc) is 3.44. The molecule has 1 fully saturated rings. The molecule has 1 aliphatic carbocycles. The van der Waals surface area contributed by atoms with Crippen LogP contribution in [0, 0.1) is 0 Å². The van der Waals surface area contributed by atoms with E-state index in [-0.39, 0.29) is 12.7 Å². The third kappa shape index (κ3) is 3.98. The number of fused-ring (bicyclic) bond motifs is 1. The maximum atomic E-state index is 12.8. The van der Waals surface area contributed by atoms with Crippen LogP contribution >= 0.6 is 0 Å². The van der Waals surface area contributed by atoms with Crippen LogP contribution < -0.4 is 15.8 Å². The summed E-state index contributed by atoms with van der Waals surface area (Å²) in [6.07, 6.45) is 16.7. The molecule has 0 spiro atoms. The predicted octanol–water partition coefficient (Wildman–Crippen LogP) is 1.70. The molecule has 1 amide bonds. The normalized spacial score (nSPS) is 21.5. The molecule has 1 saturated heterocycles. The quantitative estimate of drug-likeness (QED) is 0.677. The Morgan fingerprint density at radius 2 is 1.94 bits per heavy atom. The molecule has 3 aromatic heterocycles. The number of carbonyl (C=O) groups excluding carboxylic acids is 1. The Bertz CT molecular complexity index is 1270. The van der Waals surface area contributed by atoms with Crippen LogP contribution in [-0.4, -0.2) is 55.5 Å². The summed E-state index contributed by atoms with van der Waals surface area (Å²) in [7, 11) is 4.07. The second-order valence-corrected chi connectivity index (χ2v) is 9.27. The van der Waals surface area contributed by atoms with Crippen LogP contribution in [0.4, 0.5) is 5.82 Å². The molecule has 1 N–H and O–H groups in total. The first-order chi connectivity index (χ1) is 15.4. The zero-order chi connectivity index (χ0) is 22.3. The summed E-state index contributed by atoms with van der Waals surface area (Å²) in [5.74, 6) is 0.354. The molecule has 8 nitrogen and oxygen atoms in total. The van der Waals surface area contributed by atoms with Crippen LogP contribution in [0.25, 0.3) is 12.2 Å². The van der Waals surface area contributed by atoms with Gasteiger partial charge in [0.2, 0.25) is 0 Å². The highest BCUT2D eigenvalue weighted by atomic mass is 16.1. The smallest absolute Gasteiger partial charge is 0.260 e. The van der Waals surface area contributed by atoms with E-state index in [0.717, 1.165) is 42.8 Å². The zero-order valence-electron chi connectivity index (χ0n) is 18.8. The molecular weight excluding hydrogens is 402 g/mol. The van der Waals surface area contributed by atoms with Crippen molar-refractivity contribution < 1.29 is 6.22 Å². The molecule has 2 aliphatic rings. The summed E-state index contributed by atoms with van der Waals surface area (Å²) in [5.41, 5.74) is 1.59. The van der Waals surface area contributed by atoms with E-state index in [2.05, 4.69) is 57.7 Å². The summed E-state index contributed by atoms with van der Waals surface area (Å²) in [6.45, 7) is 4.31. The summed E-state index contributed by atoms with van der Waals surface area (Å²) in [6, 6.07) is 2.30. The van der Waals surface area contributed by atoms with E-state index in [1.54, 1.807) is 6.20 Å². The molecule has 1 unspecified atom stereocenters. The van der Waals surface area contributed by atoms with Gasteiger partial charge in [0.25, 0.3) is 5.91 Å². The van der Waals surface area contributed by atoms with Crippen molar-refractivity contribution >= 4 is 23.9 Å². The van der Waals surface area contributed by atoms with Gasteiger partial charge in [0, 0.05) is 38.0 Å². The molecule has 0 saturated carbocycles. The summed E-state index contributed by atoms with van der Waals surface area (Å²) in [4.78, 5) is 19.6. The fourth-order valence-electron chi connectivity index (χ4n) is 4.59. The predicted molar refractivity (Wildman–Crippen MR) is 126 cm³/mol. The lowest BCUT2D eigenvalue weighted by Crippen LogP contribution is -2.35. The molecule has 1 atom stereocenters. The van der Waals surface area contributed by atoms with Crippen LogP contribution in [0.2, 0.25) is 0 Å². The molecule has 3 aromatic rings. The third-order valence-corrected chi connectivity index (χ3v) is 6.72. The Hall–Kier alpha value is -3.26. The van der Waals surface area contributed by atoms with Gasteiger partial charge in [-0.15, -0.1) is 0 Å². The standard InChI is InChI=1S/C24H29N7O.H2/c1-24(20-14-26-30(3)16-20)7-4-17-12-25-22(10-18(17)11-24)28-23(32)19-13-27-31(15-19)21-5-8-29(2)9-6-21;/h4,10-16,21H,5-9H2,1-3H3,(H,28,32);1H. The van der Waals surface area contributed by atoms with Gasteiger partial charge in [-0.1, -0.05) is 19.1 Å². The molecule has 0 bridgehead atoms. The van der Waals surface area contributed by atoms with Gasteiger partial charge in [-0.25, -0.2) is 4.98 Å². The van der Waals surface area contributed by atoms with Crippen molar-refractivity contribution in [2.24, 2.45) is 7.05 Å². The van der Waals surface area contributed by atoms with E-state index in [0.29, 0.717) is 17.4 Å². The first-order valence-electron chi connectivity index (χ1n) is 11.1. The van der Waals surface area contributed by atoms with Crippen molar-refractivity contribution in [2.45, 2.75) is 37.6 Å². The highest BCUT2D eigenvalue weighted by molar-refractivity contribution is 6.03. The van der Waals surface area contributed by atoms with Crippen molar-refractivity contribution in [1.29, 1.82) is 0 Å². The van der Waals surface area contributed by atoms with Crippen LogP contribution in [0.5, 0.6) is 0 Å². The largest absolute Gasteiger partial charge is 0.306 e. The monoisotopic (exact) mass is 433 g/mol. The summed E-state index contributed by atoms with van der Waals surface area (Å²) < 4.78 is 3.76. The highest BCUT2D eigenvalue weighted by Crippen LogP contribution is 2.30. The number of carbonyl (C=O) groups is 1. The van der Waals surface area contributed by atoms with Gasteiger partial charge in [0.15, 0.2) is 0 Å². The number of aryl methyl sites for hydroxylation is 1. The number of amides is 1. The number of likely N-dealkylation sites (tertiary alicyclic amines) is 1. The van der Waals surface area contributed by atoms with E-state index < -0.39 is 0 Å². The van der Waals surface area contributed by atoms with Crippen molar-refractivity contribution in [1.82, 2.24) is 29.4 Å². The Balaban J connectivity index is 0.00000259. The fraction of sp³-hybridized carbons (Fsp3) is 0.417. The number of pyridine rings is 1. The molecule has 5 rings (SSSR count). The van der Waals surface area contributed by atoms with E-state index in [4.69, 9.17) is 0 Å². The Morgan fingerprint density at radius 3 is 2.69 bits per heavy atom. The van der Waals surface area contributed by atoms with Crippen LogP contribution in [-0.2, 0) is 12.5 Å². The SMILES string of the molecule is CN1CCC(n2cc(C(=O)Nc3cc4c(cn3)=CCC(C)(c3cnn(C)c3)C=4)cn2)CC1.[HH]. The van der Waals surface area contributed by atoms with Crippen LogP contribution in [0.15, 0.2) is 37.1 Å². The number of piperidine rings is 1. The van der Waals surface area contributed by atoms with Gasteiger partial charge in [-0.3, -0.25) is 14.2 Å². The molecular formula is C24H31N7O. The van der Waals surface area contributed by atoms with E-state index in [1.165, 1.54) is 5.56 Å². The topological polar surface area (TPSA) is 80.9 Å². The summed E-state index contributed by atoms with van der Waals surface area (Å²) >= 11 is 0. The van der Waals surface area contributed by atoms with Gasteiger partial charge in [-0.2, -0.15) is 10.2 Å². The second kappa shape index (κ2) is 8.02. The molecule has 32 heavy (non-hydrogen) atoms. The number of aromatic nitrogens is 5. The highest BCUT2D eigenvalue weighted by Gasteiger charge is 2.26. The van der Waals surface area contributed by atoms with E-state index in [9.17, 15) is 4.79 Å². The van der Waals surface area contributed by atoms with Gasteiger partial charge in [0.1, 0.15) is 5.82 Å². The molecule has 8 heteroatoms. The number of hydrogen-bond donors (Lipinski definition) is 1. The van der Waals surface area contributed by atoms with Gasteiger partial charge in [-0.05, 0) is 55.9 Å². The maximum absolute atomic E-state index is 12.8. The number of nitrogens with one attached hydrogen (secondary N) is 1. The number of rotatable bonds is 4. The first-order valence-corrected chi connectivity index (χ1v) is 11.1. The van der Waals surface area contributed by atoms with Gasteiger partial charge < -0.3 is 10.2 Å². The van der Waals surface area contributed by atoms with E-state index >= 15 is 0 Å². The fourth-order valence-corrected chi connectivity index (χ4v) is 4.59. The lowest BCUT2D eigenvalue weighted by molar-refractivity contribution is 0.102.